The van der Waals surface area contributed by atoms with Gasteiger partial charge in [-0.15, -0.1) is 24.8 Å². The first kappa shape index (κ1) is 22.7. The van der Waals surface area contributed by atoms with Gasteiger partial charge in [-0.05, 0) is 36.4 Å². The predicted octanol–water partition coefficient (Wildman–Crippen LogP) is 4.20. The fourth-order valence-corrected chi connectivity index (χ4v) is 3.25. The van der Waals surface area contributed by atoms with E-state index in [1.165, 1.54) is 18.2 Å². The monoisotopic (exact) mass is 392 g/mol. The van der Waals surface area contributed by atoms with Crippen LogP contribution >= 0.6 is 36.6 Å². The van der Waals surface area contributed by atoms with Crippen LogP contribution in [0, 0.1) is 0 Å². The second-order valence-electron chi connectivity index (χ2n) is 4.98. The van der Waals surface area contributed by atoms with Gasteiger partial charge in [0.1, 0.15) is 5.75 Å². The molecule has 1 saturated heterocycles. The highest BCUT2D eigenvalue weighted by Crippen LogP contribution is 2.40. The van der Waals surface area contributed by atoms with Crippen LogP contribution in [0.3, 0.4) is 0 Å². The van der Waals surface area contributed by atoms with Crippen molar-refractivity contribution in [3.63, 3.8) is 0 Å². The zero-order valence-electron chi connectivity index (χ0n) is 12.6. The molecule has 1 aliphatic rings. The SMILES string of the molecule is CC[C@H](c1cc(SC(F)(F)F)ccc1O)N1CCNCC1.Cl.Cl. The van der Waals surface area contributed by atoms with Crippen molar-refractivity contribution in [3.05, 3.63) is 23.8 Å². The molecular weight excluding hydrogens is 372 g/mol. The molecule has 2 N–H and O–H groups in total. The Morgan fingerprint density at radius 2 is 1.87 bits per heavy atom. The number of rotatable bonds is 4. The van der Waals surface area contributed by atoms with Crippen LogP contribution < -0.4 is 5.32 Å². The standard InChI is InChI=1S/C14H19F3N2OS.2ClH/c1-2-12(19-7-5-18-6-8-19)11-9-10(3-4-13(11)20)21-14(15,16)17;;/h3-4,9,12,18,20H,2,5-8H2,1H3;2*1H/t12-;;/m1../s1. The number of alkyl halides is 3. The molecular formula is C14H21Cl2F3N2OS. The number of aromatic hydroxyl groups is 1. The minimum Gasteiger partial charge on any atom is -0.508 e. The first-order chi connectivity index (χ1) is 9.90. The Morgan fingerprint density at radius 1 is 1.26 bits per heavy atom. The van der Waals surface area contributed by atoms with E-state index in [0.717, 1.165) is 32.6 Å². The van der Waals surface area contributed by atoms with Gasteiger partial charge in [0.15, 0.2) is 0 Å². The molecule has 3 nitrogen and oxygen atoms in total. The van der Waals surface area contributed by atoms with Gasteiger partial charge < -0.3 is 10.4 Å². The summed E-state index contributed by atoms with van der Waals surface area (Å²) in [5, 5.41) is 13.3. The summed E-state index contributed by atoms with van der Waals surface area (Å²) in [4.78, 5) is 2.32. The molecule has 0 saturated carbocycles. The summed E-state index contributed by atoms with van der Waals surface area (Å²) in [7, 11) is 0. The van der Waals surface area contributed by atoms with Gasteiger partial charge in [-0.25, -0.2) is 0 Å². The summed E-state index contributed by atoms with van der Waals surface area (Å²) >= 11 is -0.144. The molecule has 1 atom stereocenters. The molecule has 9 heteroatoms. The number of nitrogens with one attached hydrogen (secondary N) is 1. The van der Waals surface area contributed by atoms with Crippen LogP contribution in [-0.2, 0) is 0 Å². The third-order valence-electron chi connectivity index (χ3n) is 3.57. The quantitative estimate of drug-likeness (QED) is 0.752. The normalized spacial score (nSPS) is 17.0. The van der Waals surface area contributed by atoms with Gasteiger partial charge in [-0.1, -0.05) is 6.92 Å². The molecule has 1 aromatic carbocycles. The van der Waals surface area contributed by atoms with Gasteiger partial charge in [-0.2, -0.15) is 13.2 Å². The third-order valence-corrected chi connectivity index (χ3v) is 4.29. The number of piperazine rings is 1. The fraction of sp³-hybridized carbons (Fsp3) is 0.571. The van der Waals surface area contributed by atoms with Crippen molar-refractivity contribution in [2.24, 2.45) is 0 Å². The molecule has 23 heavy (non-hydrogen) atoms. The van der Waals surface area contributed by atoms with Gasteiger partial charge in [0.2, 0.25) is 0 Å². The van der Waals surface area contributed by atoms with Gasteiger partial charge in [-0.3, -0.25) is 4.90 Å². The largest absolute Gasteiger partial charge is 0.508 e. The number of hydrogen-bond acceptors (Lipinski definition) is 4. The molecule has 2 rings (SSSR count). The molecule has 0 unspecified atom stereocenters. The van der Waals surface area contributed by atoms with Gasteiger partial charge >= 0.3 is 5.51 Å². The second-order valence-corrected chi connectivity index (χ2v) is 6.12. The third kappa shape index (κ3) is 6.58. The predicted molar refractivity (Wildman–Crippen MR) is 92.0 cm³/mol. The maximum absolute atomic E-state index is 12.5. The topological polar surface area (TPSA) is 35.5 Å². The lowest BCUT2D eigenvalue weighted by Gasteiger charge is -2.35. The van der Waals surface area contributed by atoms with Crippen molar-refractivity contribution in [1.29, 1.82) is 0 Å². The lowest BCUT2D eigenvalue weighted by molar-refractivity contribution is -0.0328. The average Bonchev–Trinajstić information content (AvgIpc) is 2.43. The number of nitrogens with zero attached hydrogens (tertiary/aromatic N) is 1. The van der Waals surface area contributed by atoms with E-state index < -0.39 is 5.51 Å². The van der Waals surface area contributed by atoms with Crippen molar-refractivity contribution >= 4 is 36.6 Å². The minimum atomic E-state index is -4.31. The number of halogens is 5. The van der Waals surface area contributed by atoms with Crippen molar-refractivity contribution in [3.8, 4) is 5.75 Å². The number of phenols is 1. The van der Waals surface area contributed by atoms with Crippen LogP contribution in [0.5, 0.6) is 5.75 Å². The Morgan fingerprint density at radius 3 is 2.39 bits per heavy atom. The lowest BCUT2D eigenvalue weighted by Crippen LogP contribution is -2.45. The van der Waals surface area contributed by atoms with Gasteiger partial charge in [0.25, 0.3) is 0 Å². The molecule has 0 aromatic heterocycles. The Labute approximate surface area is 150 Å². The van der Waals surface area contributed by atoms with Crippen molar-refractivity contribution in [2.45, 2.75) is 29.8 Å². The molecule has 1 heterocycles. The fourth-order valence-electron chi connectivity index (χ4n) is 2.67. The summed E-state index contributed by atoms with van der Waals surface area (Å²) in [6.07, 6.45) is 0.744. The Balaban J connectivity index is 0.00000242. The molecule has 1 aliphatic heterocycles. The minimum absolute atomic E-state index is 0. The van der Waals surface area contributed by atoms with Crippen LogP contribution in [0.1, 0.15) is 24.9 Å². The highest BCUT2D eigenvalue weighted by atomic mass is 35.5. The Hall–Kier alpha value is -0.340. The molecule has 0 amide bonds. The number of benzene rings is 1. The second kappa shape index (κ2) is 9.84. The van der Waals surface area contributed by atoms with E-state index in [0.29, 0.717) is 5.56 Å². The van der Waals surface area contributed by atoms with Crippen molar-refractivity contribution < 1.29 is 18.3 Å². The van der Waals surface area contributed by atoms with E-state index in [1.54, 1.807) is 0 Å². The number of thioether (sulfide) groups is 1. The van der Waals surface area contributed by atoms with Crippen LogP contribution in [0.15, 0.2) is 23.1 Å². The molecule has 1 fully saturated rings. The van der Waals surface area contributed by atoms with Crippen LogP contribution in [0.4, 0.5) is 13.2 Å². The molecule has 1 aromatic rings. The molecule has 0 radical (unpaired) electrons. The summed E-state index contributed by atoms with van der Waals surface area (Å²) < 4.78 is 37.5. The number of hydrogen-bond donors (Lipinski definition) is 2. The van der Waals surface area contributed by atoms with E-state index in [9.17, 15) is 18.3 Å². The van der Waals surface area contributed by atoms with Crippen molar-refractivity contribution in [1.82, 2.24) is 10.2 Å². The number of phenolic OH excluding ortho intramolecular Hbond substituents is 1. The summed E-state index contributed by atoms with van der Waals surface area (Å²) in [5.74, 6) is 0.0620. The molecule has 0 aliphatic carbocycles. The summed E-state index contributed by atoms with van der Waals surface area (Å²) in [6.45, 7) is 5.35. The highest BCUT2D eigenvalue weighted by molar-refractivity contribution is 8.00. The Kier molecular flexibility index (Phi) is 9.69. The first-order valence-electron chi connectivity index (χ1n) is 6.94. The average molecular weight is 393 g/mol. The highest BCUT2D eigenvalue weighted by Gasteiger charge is 2.30. The first-order valence-corrected chi connectivity index (χ1v) is 7.76. The van der Waals surface area contributed by atoms with Crippen LogP contribution in [0.25, 0.3) is 0 Å². The maximum atomic E-state index is 12.5. The zero-order chi connectivity index (χ0) is 15.5. The smallest absolute Gasteiger partial charge is 0.446 e. The van der Waals surface area contributed by atoms with E-state index in [4.69, 9.17) is 0 Å². The van der Waals surface area contributed by atoms with E-state index >= 15 is 0 Å². The zero-order valence-corrected chi connectivity index (χ0v) is 15.0. The van der Waals surface area contributed by atoms with E-state index in [-0.39, 0.29) is 53.3 Å². The Bertz CT molecular complexity index is 486. The summed E-state index contributed by atoms with van der Waals surface area (Å²) in [6, 6.07) is 4.07. The van der Waals surface area contributed by atoms with Gasteiger partial charge in [0, 0.05) is 42.7 Å². The molecule has 0 spiro atoms. The lowest BCUT2D eigenvalue weighted by atomic mass is 10.0. The molecule has 134 valence electrons. The molecule has 0 bridgehead atoms. The van der Waals surface area contributed by atoms with Crippen LogP contribution in [-0.4, -0.2) is 41.7 Å². The van der Waals surface area contributed by atoms with Crippen molar-refractivity contribution in [2.75, 3.05) is 26.2 Å². The van der Waals surface area contributed by atoms with E-state index in [2.05, 4.69) is 10.2 Å². The van der Waals surface area contributed by atoms with E-state index in [1.807, 2.05) is 6.92 Å². The maximum Gasteiger partial charge on any atom is 0.446 e. The van der Waals surface area contributed by atoms with Gasteiger partial charge in [0.05, 0.1) is 0 Å². The summed E-state index contributed by atoms with van der Waals surface area (Å²) in [5.41, 5.74) is -3.74. The van der Waals surface area contributed by atoms with Crippen LogP contribution in [0.2, 0.25) is 0 Å².